The Bertz CT molecular complexity index is 400. The zero-order chi connectivity index (χ0) is 10.1. The van der Waals surface area contributed by atoms with Crippen molar-refractivity contribution in [3.63, 3.8) is 0 Å². The molecule has 0 aliphatic carbocycles. The SMILES string of the molecule is C=C1CSc2ccccc2N1C(C)=O. The number of hydrogen-bond donors (Lipinski definition) is 0. The maximum absolute atomic E-state index is 11.4. The van der Waals surface area contributed by atoms with Crippen LogP contribution in [0.1, 0.15) is 6.92 Å². The molecule has 1 amide bonds. The molecule has 2 rings (SSSR count). The van der Waals surface area contributed by atoms with Crippen molar-refractivity contribution in [2.45, 2.75) is 11.8 Å². The van der Waals surface area contributed by atoms with Crippen molar-refractivity contribution in [1.82, 2.24) is 0 Å². The fraction of sp³-hybridized carbons (Fsp3) is 0.182. The molecule has 0 N–H and O–H groups in total. The number of nitrogens with zero attached hydrogens (tertiary/aromatic N) is 1. The summed E-state index contributed by atoms with van der Waals surface area (Å²) in [6.45, 7) is 5.47. The Morgan fingerprint density at radius 2 is 2.21 bits per heavy atom. The van der Waals surface area contributed by atoms with Crippen molar-refractivity contribution in [3.8, 4) is 0 Å². The second-order valence-electron chi connectivity index (χ2n) is 3.18. The Labute approximate surface area is 87.6 Å². The molecular formula is C11H11NOS. The van der Waals surface area contributed by atoms with Crippen LogP contribution in [0.3, 0.4) is 0 Å². The summed E-state index contributed by atoms with van der Waals surface area (Å²) in [4.78, 5) is 14.3. The highest BCUT2D eigenvalue weighted by Gasteiger charge is 2.22. The van der Waals surface area contributed by atoms with E-state index in [1.165, 1.54) is 0 Å². The first kappa shape index (κ1) is 9.34. The second-order valence-corrected chi connectivity index (χ2v) is 4.19. The number of benzene rings is 1. The van der Waals surface area contributed by atoms with Gasteiger partial charge in [-0.3, -0.25) is 9.69 Å². The summed E-state index contributed by atoms with van der Waals surface area (Å²) in [6, 6.07) is 7.91. The van der Waals surface area contributed by atoms with E-state index in [1.807, 2.05) is 24.3 Å². The maximum Gasteiger partial charge on any atom is 0.228 e. The van der Waals surface area contributed by atoms with Crippen LogP contribution in [-0.2, 0) is 4.79 Å². The number of fused-ring (bicyclic) bond motifs is 1. The van der Waals surface area contributed by atoms with Crippen LogP contribution in [0.25, 0.3) is 0 Å². The van der Waals surface area contributed by atoms with Gasteiger partial charge in [0.15, 0.2) is 0 Å². The van der Waals surface area contributed by atoms with E-state index in [2.05, 4.69) is 6.58 Å². The fourth-order valence-electron chi connectivity index (χ4n) is 1.55. The van der Waals surface area contributed by atoms with Gasteiger partial charge < -0.3 is 0 Å². The number of anilines is 1. The van der Waals surface area contributed by atoms with Gasteiger partial charge in [0, 0.05) is 23.3 Å². The third-order valence-corrected chi connectivity index (χ3v) is 3.27. The van der Waals surface area contributed by atoms with E-state index in [4.69, 9.17) is 0 Å². The van der Waals surface area contributed by atoms with Gasteiger partial charge in [-0.1, -0.05) is 18.7 Å². The van der Waals surface area contributed by atoms with E-state index >= 15 is 0 Å². The van der Waals surface area contributed by atoms with Gasteiger partial charge in [-0.25, -0.2) is 0 Å². The normalized spacial score (nSPS) is 15.2. The molecule has 0 bridgehead atoms. The minimum Gasteiger partial charge on any atom is -0.284 e. The highest BCUT2D eigenvalue weighted by molar-refractivity contribution is 7.99. The van der Waals surface area contributed by atoms with Gasteiger partial charge >= 0.3 is 0 Å². The molecule has 0 unspecified atom stereocenters. The van der Waals surface area contributed by atoms with Gasteiger partial charge in [0.25, 0.3) is 0 Å². The lowest BCUT2D eigenvalue weighted by Crippen LogP contribution is -2.30. The molecule has 0 saturated carbocycles. The third kappa shape index (κ3) is 1.44. The summed E-state index contributed by atoms with van der Waals surface area (Å²) < 4.78 is 0. The third-order valence-electron chi connectivity index (χ3n) is 2.13. The molecular weight excluding hydrogens is 194 g/mol. The van der Waals surface area contributed by atoms with E-state index in [0.29, 0.717) is 0 Å². The lowest BCUT2D eigenvalue weighted by atomic mass is 10.2. The molecule has 3 heteroatoms. The second kappa shape index (κ2) is 3.50. The number of para-hydroxylation sites is 1. The van der Waals surface area contributed by atoms with Crippen LogP contribution >= 0.6 is 11.8 Å². The summed E-state index contributed by atoms with van der Waals surface area (Å²) >= 11 is 1.72. The quantitative estimate of drug-likeness (QED) is 0.649. The maximum atomic E-state index is 11.4. The Hall–Kier alpha value is -1.22. The molecule has 1 aromatic rings. The molecule has 72 valence electrons. The molecule has 0 aromatic heterocycles. The zero-order valence-corrected chi connectivity index (χ0v) is 8.80. The van der Waals surface area contributed by atoms with Crippen LogP contribution in [-0.4, -0.2) is 11.7 Å². The van der Waals surface area contributed by atoms with Gasteiger partial charge in [0.2, 0.25) is 5.91 Å². The summed E-state index contributed by atoms with van der Waals surface area (Å²) in [7, 11) is 0. The first-order valence-electron chi connectivity index (χ1n) is 4.40. The molecule has 0 spiro atoms. The van der Waals surface area contributed by atoms with Crippen LogP contribution < -0.4 is 4.90 Å². The average Bonchev–Trinajstić information content (AvgIpc) is 2.17. The lowest BCUT2D eigenvalue weighted by molar-refractivity contribution is -0.116. The van der Waals surface area contributed by atoms with Crippen molar-refractivity contribution < 1.29 is 4.79 Å². The molecule has 14 heavy (non-hydrogen) atoms. The number of rotatable bonds is 0. The number of carbonyl (C=O) groups is 1. The summed E-state index contributed by atoms with van der Waals surface area (Å²) in [5, 5.41) is 0. The van der Waals surface area contributed by atoms with Gasteiger partial charge in [0.05, 0.1) is 5.69 Å². The number of thioether (sulfide) groups is 1. The topological polar surface area (TPSA) is 20.3 Å². The van der Waals surface area contributed by atoms with Gasteiger partial charge in [0.1, 0.15) is 0 Å². The number of amides is 1. The highest BCUT2D eigenvalue weighted by atomic mass is 32.2. The minimum atomic E-state index is 0.0303. The van der Waals surface area contributed by atoms with Crippen LogP contribution in [0.5, 0.6) is 0 Å². The van der Waals surface area contributed by atoms with E-state index in [0.717, 1.165) is 22.0 Å². The predicted molar refractivity (Wildman–Crippen MR) is 59.5 cm³/mol. The van der Waals surface area contributed by atoms with Crippen LogP contribution in [0, 0.1) is 0 Å². The zero-order valence-electron chi connectivity index (χ0n) is 7.99. The summed E-state index contributed by atoms with van der Waals surface area (Å²) in [5.74, 6) is 0.819. The largest absolute Gasteiger partial charge is 0.284 e. The number of carbonyl (C=O) groups excluding carboxylic acids is 1. The first-order valence-corrected chi connectivity index (χ1v) is 5.39. The molecule has 0 atom stereocenters. The first-order chi connectivity index (χ1) is 6.70. The van der Waals surface area contributed by atoms with Gasteiger partial charge in [-0.05, 0) is 12.1 Å². The lowest BCUT2D eigenvalue weighted by Gasteiger charge is -2.29. The van der Waals surface area contributed by atoms with Crippen molar-refractivity contribution in [2.75, 3.05) is 10.7 Å². The van der Waals surface area contributed by atoms with E-state index in [1.54, 1.807) is 23.6 Å². The Kier molecular flexibility index (Phi) is 2.33. The molecule has 0 fully saturated rings. The molecule has 1 heterocycles. The van der Waals surface area contributed by atoms with Crippen molar-refractivity contribution >= 4 is 23.4 Å². The summed E-state index contributed by atoms with van der Waals surface area (Å²) in [6.07, 6.45) is 0. The van der Waals surface area contributed by atoms with Crippen LogP contribution in [0.2, 0.25) is 0 Å². The van der Waals surface area contributed by atoms with Crippen molar-refractivity contribution in [3.05, 3.63) is 36.5 Å². The standard InChI is InChI=1S/C11H11NOS/c1-8-7-14-11-6-4-3-5-10(11)12(8)9(2)13/h3-6H,1,7H2,2H3. The minimum absolute atomic E-state index is 0.0303. The predicted octanol–water partition coefficient (Wildman–Crippen LogP) is 2.66. The van der Waals surface area contributed by atoms with Crippen LogP contribution in [0.4, 0.5) is 5.69 Å². The Morgan fingerprint density at radius 1 is 1.50 bits per heavy atom. The summed E-state index contributed by atoms with van der Waals surface area (Å²) in [5.41, 5.74) is 1.82. The molecule has 1 aromatic carbocycles. The smallest absolute Gasteiger partial charge is 0.228 e. The van der Waals surface area contributed by atoms with Gasteiger partial charge in [-0.2, -0.15) is 0 Å². The average molecular weight is 205 g/mol. The monoisotopic (exact) mass is 205 g/mol. The van der Waals surface area contributed by atoms with Gasteiger partial charge in [-0.15, -0.1) is 11.8 Å². The Balaban J connectivity index is 2.51. The van der Waals surface area contributed by atoms with E-state index < -0.39 is 0 Å². The van der Waals surface area contributed by atoms with E-state index in [9.17, 15) is 4.79 Å². The van der Waals surface area contributed by atoms with Crippen LogP contribution in [0.15, 0.2) is 41.4 Å². The van der Waals surface area contributed by atoms with Crippen molar-refractivity contribution in [1.29, 1.82) is 0 Å². The van der Waals surface area contributed by atoms with E-state index in [-0.39, 0.29) is 5.91 Å². The number of hydrogen-bond acceptors (Lipinski definition) is 2. The molecule has 1 aliphatic heterocycles. The fourth-order valence-corrected chi connectivity index (χ4v) is 2.49. The Morgan fingerprint density at radius 3 is 2.93 bits per heavy atom. The molecule has 1 aliphatic rings. The molecule has 2 nitrogen and oxygen atoms in total. The highest BCUT2D eigenvalue weighted by Crippen LogP contribution is 2.38. The molecule has 0 saturated heterocycles. The van der Waals surface area contributed by atoms with Crippen molar-refractivity contribution in [2.24, 2.45) is 0 Å². The molecule has 0 radical (unpaired) electrons.